The van der Waals surface area contributed by atoms with Crippen molar-refractivity contribution in [2.75, 3.05) is 37.7 Å². The van der Waals surface area contributed by atoms with Crippen molar-refractivity contribution in [3.8, 4) is 17.3 Å². The van der Waals surface area contributed by atoms with Crippen molar-refractivity contribution >= 4 is 22.7 Å². The Hall–Kier alpha value is -3.40. The SMILES string of the molecule is CC1CCCc2cccc(-c3ncc4c(N5CC[C@H]6C(=O)O[C@H]6C5)nc(OC[C@@]56CCCN5C[C@H](F)C6)nc4c3F)c21. The van der Waals surface area contributed by atoms with Crippen LogP contribution in [0.3, 0.4) is 0 Å². The van der Waals surface area contributed by atoms with Gasteiger partial charge in [-0.3, -0.25) is 14.7 Å². The zero-order valence-corrected chi connectivity index (χ0v) is 23.8. The predicted octanol–water partition coefficient (Wildman–Crippen LogP) is 4.98. The van der Waals surface area contributed by atoms with E-state index in [1.165, 1.54) is 5.56 Å². The second-order valence-corrected chi connectivity index (χ2v) is 12.9. The molecule has 6 heterocycles. The zero-order chi connectivity index (χ0) is 28.6. The van der Waals surface area contributed by atoms with E-state index >= 15 is 4.39 Å². The number of alkyl halides is 1. The molecule has 5 aliphatic rings. The highest BCUT2D eigenvalue weighted by atomic mass is 19.1. The molecule has 4 saturated heterocycles. The summed E-state index contributed by atoms with van der Waals surface area (Å²) in [6, 6.07) is 6.14. The normalized spacial score (nSPS) is 30.5. The number of esters is 1. The summed E-state index contributed by atoms with van der Waals surface area (Å²) in [5.41, 5.74) is 3.29. The molecule has 4 fully saturated rings. The highest BCUT2D eigenvalue weighted by Gasteiger charge is 2.50. The lowest BCUT2D eigenvalue weighted by Crippen LogP contribution is -2.56. The number of anilines is 1. The summed E-state index contributed by atoms with van der Waals surface area (Å²) in [7, 11) is 0. The Kier molecular flexibility index (Phi) is 6.14. The number of aryl methyl sites for hydroxylation is 1. The Labute approximate surface area is 243 Å². The molecule has 220 valence electrons. The third-order valence-corrected chi connectivity index (χ3v) is 10.3. The van der Waals surface area contributed by atoms with Crippen LogP contribution in [0.5, 0.6) is 6.01 Å². The number of hydrogen-bond donors (Lipinski definition) is 0. The van der Waals surface area contributed by atoms with Crippen molar-refractivity contribution in [3.05, 3.63) is 41.3 Å². The number of aromatic nitrogens is 3. The van der Waals surface area contributed by atoms with Gasteiger partial charge in [0.05, 0.1) is 23.4 Å². The van der Waals surface area contributed by atoms with Crippen LogP contribution in [0.4, 0.5) is 14.6 Å². The maximum Gasteiger partial charge on any atom is 0.319 e. The number of nitrogens with zero attached hydrogens (tertiary/aromatic N) is 5. The average Bonchev–Trinajstić information content (AvgIpc) is 3.51. The number of halogens is 2. The van der Waals surface area contributed by atoms with Crippen LogP contribution in [0.25, 0.3) is 22.2 Å². The van der Waals surface area contributed by atoms with E-state index in [0.29, 0.717) is 49.6 Å². The summed E-state index contributed by atoms with van der Waals surface area (Å²) in [6.45, 7) is 4.77. The van der Waals surface area contributed by atoms with Gasteiger partial charge in [-0.25, -0.2) is 8.78 Å². The average molecular weight is 576 g/mol. The molecule has 1 aliphatic carbocycles. The van der Waals surface area contributed by atoms with Gasteiger partial charge in [0.25, 0.3) is 0 Å². The van der Waals surface area contributed by atoms with Crippen LogP contribution in [0.2, 0.25) is 0 Å². The lowest BCUT2D eigenvalue weighted by Gasteiger charge is -2.43. The van der Waals surface area contributed by atoms with Crippen molar-refractivity contribution < 1.29 is 23.0 Å². The van der Waals surface area contributed by atoms with E-state index in [-0.39, 0.29) is 47.4 Å². The minimum atomic E-state index is -0.876. The Morgan fingerprint density at radius 3 is 2.93 bits per heavy atom. The van der Waals surface area contributed by atoms with E-state index < -0.39 is 12.0 Å². The number of rotatable bonds is 5. The van der Waals surface area contributed by atoms with E-state index in [0.717, 1.165) is 49.8 Å². The van der Waals surface area contributed by atoms with Crippen LogP contribution >= 0.6 is 0 Å². The first kappa shape index (κ1) is 26.2. The molecule has 1 unspecified atom stereocenters. The lowest BCUT2D eigenvalue weighted by molar-refractivity contribution is -0.185. The molecule has 10 heteroatoms. The Morgan fingerprint density at radius 1 is 1.17 bits per heavy atom. The van der Waals surface area contributed by atoms with Crippen molar-refractivity contribution in [1.29, 1.82) is 0 Å². The van der Waals surface area contributed by atoms with E-state index in [2.05, 4.69) is 27.9 Å². The number of pyridine rings is 1. The van der Waals surface area contributed by atoms with Gasteiger partial charge in [0.15, 0.2) is 5.82 Å². The molecule has 0 saturated carbocycles. The van der Waals surface area contributed by atoms with Gasteiger partial charge in [0.2, 0.25) is 0 Å². The number of fused-ring (bicyclic) bond motifs is 4. The van der Waals surface area contributed by atoms with Gasteiger partial charge in [0, 0.05) is 31.3 Å². The molecule has 0 radical (unpaired) electrons. The summed E-state index contributed by atoms with van der Waals surface area (Å²) in [6.07, 6.45) is 6.67. The highest BCUT2D eigenvalue weighted by Crippen LogP contribution is 2.43. The first-order chi connectivity index (χ1) is 20.4. The number of carbonyl (C=O) groups excluding carboxylic acids is 1. The van der Waals surface area contributed by atoms with Crippen molar-refractivity contribution in [3.63, 3.8) is 0 Å². The molecule has 8 nitrogen and oxygen atoms in total. The van der Waals surface area contributed by atoms with Gasteiger partial charge in [-0.05, 0) is 62.1 Å². The Bertz CT molecular complexity index is 1590. The first-order valence-electron chi connectivity index (χ1n) is 15.4. The topological polar surface area (TPSA) is 80.7 Å². The number of hydrogen-bond acceptors (Lipinski definition) is 8. The highest BCUT2D eigenvalue weighted by molar-refractivity contribution is 5.92. The molecular formula is C32H35F2N5O3. The third-order valence-electron chi connectivity index (χ3n) is 10.3. The van der Waals surface area contributed by atoms with Gasteiger partial charge >= 0.3 is 12.0 Å². The minimum Gasteiger partial charge on any atom is -0.461 e. The second kappa shape index (κ2) is 9.82. The second-order valence-electron chi connectivity index (χ2n) is 12.9. The van der Waals surface area contributed by atoms with Gasteiger partial charge in [0.1, 0.15) is 35.9 Å². The van der Waals surface area contributed by atoms with Crippen LogP contribution in [0.15, 0.2) is 24.4 Å². The van der Waals surface area contributed by atoms with Crippen LogP contribution in [-0.4, -0.2) is 76.4 Å². The molecule has 0 bridgehead atoms. The fraction of sp³-hybridized carbons (Fsp3) is 0.562. The van der Waals surface area contributed by atoms with E-state index in [1.54, 1.807) is 6.20 Å². The monoisotopic (exact) mass is 575 g/mol. The molecule has 0 N–H and O–H groups in total. The summed E-state index contributed by atoms with van der Waals surface area (Å²) < 4.78 is 42.7. The van der Waals surface area contributed by atoms with E-state index in [1.807, 2.05) is 17.0 Å². The van der Waals surface area contributed by atoms with Crippen LogP contribution in [-0.2, 0) is 16.0 Å². The van der Waals surface area contributed by atoms with E-state index in [4.69, 9.17) is 14.5 Å². The fourth-order valence-electron chi connectivity index (χ4n) is 8.19. The molecule has 0 spiro atoms. The summed E-state index contributed by atoms with van der Waals surface area (Å²) in [5, 5.41) is 0.496. The molecule has 5 atom stereocenters. The Morgan fingerprint density at radius 2 is 2.07 bits per heavy atom. The summed E-state index contributed by atoms with van der Waals surface area (Å²) >= 11 is 0. The standard InChI is InChI=1S/C32H35F2N5O3/c1-18-5-2-6-19-7-3-8-22(25(18)19)27-26(34)28-23(14-35-27)29(38-12-9-21-24(16-38)42-30(21)40)37-31(36-28)41-17-32-10-4-11-39(32)15-20(33)13-32/h3,7-8,14,18,20-21,24H,2,4-6,9-13,15-17H2,1H3/t18?,20-,21-,24+,32+/m1/s1. The molecule has 8 rings (SSSR count). The third kappa shape index (κ3) is 4.08. The molecule has 1 aromatic carbocycles. The van der Waals surface area contributed by atoms with Gasteiger partial charge in [-0.1, -0.05) is 25.1 Å². The fourth-order valence-corrected chi connectivity index (χ4v) is 8.19. The smallest absolute Gasteiger partial charge is 0.319 e. The van der Waals surface area contributed by atoms with Gasteiger partial charge in [-0.2, -0.15) is 9.97 Å². The van der Waals surface area contributed by atoms with E-state index in [9.17, 15) is 9.18 Å². The zero-order valence-electron chi connectivity index (χ0n) is 23.8. The molecule has 4 aliphatic heterocycles. The van der Waals surface area contributed by atoms with Crippen molar-refractivity contribution in [2.24, 2.45) is 5.92 Å². The molecule has 42 heavy (non-hydrogen) atoms. The number of carbonyl (C=O) groups is 1. The van der Waals surface area contributed by atoms with Gasteiger partial charge in [-0.15, -0.1) is 0 Å². The Balaban J connectivity index is 1.21. The van der Waals surface area contributed by atoms with Crippen LogP contribution in [0, 0.1) is 11.7 Å². The van der Waals surface area contributed by atoms with Crippen LogP contribution in [0.1, 0.15) is 62.5 Å². The lowest BCUT2D eigenvalue weighted by atomic mass is 9.80. The number of ether oxygens (including phenoxy) is 2. The van der Waals surface area contributed by atoms with Gasteiger partial charge < -0.3 is 14.4 Å². The number of benzene rings is 1. The molecule has 2 aromatic heterocycles. The quantitative estimate of drug-likeness (QED) is 0.395. The number of piperidine rings is 1. The minimum absolute atomic E-state index is 0.0771. The maximum atomic E-state index is 16.6. The van der Waals surface area contributed by atoms with Crippen molar-refractivity contribution in [1.82, 2.24) is 19.9 Å². The first-order valence-corrected chi connectivity index (χ1v) is 15.4. The molecule has 0 amide bonds. The molecule has 3 aromatic rings. The summed E-state index contributed by atoms with van der Waals surface area (Å²) in [4.78, 5) is 30.1. The largest absolute Gasteiger partial charge is 0.461 e. The predicted molar refractivity (Wildman–Crippen MR) is 153 cm³/mol. The maximum absolute atomic E-state index is 16.6. The summed E-state index contributed by atoms with van der Waals surface area (Å²) in [5.74, 6) is 0.0849. The van der Waals surface area contributed by atoms with Crippen LogP contribution < -0.4 is 9.64 Å². The molecular weight excluding hydrogens is 540 g/mol. The van der Waals surface area contributed by atoms with Crippen molar-refractivity contribution in [2.45, 2.75) is 75.6 Å².